The molecular weight excluding hydrogens is 259 g/mol. The third kappa shape index (κ3) is 2.89. The van der Waals surface area contributed by atoms with Crippen LogP contribution in [0, 0.1) is 5.82 Å². The molecule has 0 bridgehead atoms. The number of carbonyl (C=O) groups excluding carboxylic acids is 1. The lowest BCUT2D eigenvalue weighted by Gasteiger charge is -2.02. The van der Waals surface area contributed by atoms with E-state index in [1.54, 1.807) is 13.1 Å². The Bertz CT molecular complexity index is 584. The third-order valence-corrected chi connectivity index (χ3v) is 2.62. The molecule has 0 radical (unpaired) electrons. The fourth-order valence-corrected chi connectivity index (χ4v) is 1.72. The van der Waals surface area contributed by atoms with Crippen molar-refractivity contribution in [1.29, 1.82) is 0 Å². The predicted octanol–water partition coefficient (Wildman–Crippen LogP) is 1.36. The maximum atomic E-state index is 13.6. The normalized spacial score (nSPS) is 10.6. The number of rotatable bonds is 4. The molecule has 0 N–H and O–H groups in total. The van der Waals surface area contributed by atoms with Crippen LogP contribution in [0.4, 0.5) is 4.39 Å². The molecule has 0 saturated carbocycles. The molecule has 5 nitrogen and oxygen atoms in total. The van der Waals surface area contributed by atoms with Gasteiger partial charge in [0.1, 0.15) is 11.6 Å². The summed E-state index contributed by atoms with van der Waals surface area (Å²) in [5, 5.41) is 11.2. The van der Waals surface area contributed by atoms with Gasteiger partial charge in [-0.15, -0.1) is 10.2 Å². The summed E-state index contributed by atoms with van der Waals surface area (Å²) in [7, 11) is 1.61. The molecule has 1 aromatic carbocycles. The SMILES string of the molecule is Cn1nnc(CC(=O)Cc2cccc(Cl)c2F)n1. The molecule has 0 aliphatic heterocycles. The smallest absolute Gasteiger partial charge is 0.182 e. The average Bonchev–Trinajstić information content (AvgIpc) is 2.70. The van der Waals surface area contributed by atoms with Gasteiger partial charge in [-0.05, 0) is 16.8 Å². The Balaban J connectivity index is 2.05. The minimum atomic E-state index is -0.556. The standard InChI is InChI=1S/C11H10ClFN4O/c1-17-15-10(14-16-17)6-8(18)5-7-3-2-4-9(12)11(7)13/h2-4H,5-6H2,1H3. The van der Waals surface area contributed by atoms with Crippen molar-refractivity contribution < 1.29 is 9.18 Å². The minimum absolute atomic E-state index is 0.0120. The van der Waals surface area contributed by atoms with Gasteiger partial charge in [0.05, 0.1) is 18.5 Å². The van der Waals surface area contributed by atoms with Crippen LogP contribution < -0.4 is 0 Å². The van der Waals surface area contributed by atoms with Gasteiger partial charge in [-0.3, -0.25) is 4.79 Å². The molecule has 1 heterocycles. The number of nitrogens with zero attached hydrogens (tertiary/aromatic N) is 4. The molecule has 2 aromatic rings. The van der Waals surface area contributed by atoms with E-state index in [1.807, 2.05) is 0 Å². The molecule has 0 amide bonds. The van der Waals surface area contributed by atoms with Gasteiger partial charge in [0.15, 0.2) is 5.82 Å². The minimum Gasteiger partial charge on any atom is -0.299 e. The number of Topliss-reactive ketones (excluding diaryl/α,β-unsaturated/α-hetero) is 1. The zero-order valence-electron chi connectivity index (χ0n) is 9.60. The molecule has 18 heavy (non-hydrogen) atoms. The van der Waals surface area contributed by atoms with Crippen LogP contribution >= 0.6 is 11.6 Å². The van der Waals surface area contributed by atoms with E-state index >= 15 is 0 Å². The highest BCUT2D eigenvalue weighted by Gasteiger charge is 2.13. The summed E-state index contributed by atoms with van der Waals surface area (Å²) < 4.78 is 13.6. The number of hydrogen-bond donors (Lipinski definition) is 0. The van der Waals surface area contributed by atoms with Crippen LogP contribution in [-0.4, -0.2) is 26.0 Å². The van der Waals surface area contributed by atoms with Crippen LogP contribution in [0.15, 0.2) is 18.2 Å². The van der Waals surface area contributed by atoms with E-state index in [1.165, 1.54) is 16.9 Å². The van der Waals surface area contributed by atoms with Crippen molar-refractivity contribution in [3.05, 3.63) is 40.4 Å². The Morgan fingerprint density at radius 3 is 2.89 bits per heavy atom. The van der Waals surface area contributed by atoms with Crippen molar-refractivity contribution in [2.75, 3.05) is 0 Å². The summed E-state index contributed by atoms with van der Waals surface area (Å²) in [5.41, 5.74) is 0.274. The molecule has 0 fully saturated rings. The van der Waals surface area contributed by atoms with E-state index in [-0.39, 0.29) is 29.2 Å². The van der Waals surface area contributed by atoms with E-state index in [0.29, 0.717) is 5.82 Å². The number of hydrogen-bond acceptors (Lipinski definition) is 4. The van der Waals surface area contributed by atoms with E-state index in [9.17, 15) is 9.18 Å². The number of aryl methyl sites for hydroxylation is 1. The molecule has 2 rings (SSSR count). The Hall–Kier alpha value is -1.82. The Labute approximate surface area is 108 Å². The van der Waals surface area contributed by atoms with Crippen molar-refractivity contribution >= 4 is 17.4 Å². The second-order valence-electron chi connectivity index (χ2n) is 3.80. The highest BCUT2D eigenvalue weighted by Crippen LogP contribution is 2.18. The van der Waals surface area contributed by atoms with Gasteiger partial charge in [0, 0.05) is 6.42 Å². The zero-order chi connectivity index (χ0) is 13.1. The molecule has 0 saturated heterocycles. The average molecular weight is 269 g/mol. The van der Waals surface area contributed by atoms with Gasteiger partial charge in [0.25, 0.3) is 0 Å². The van der Waals surface area contributed by atoms with Crippen LogP contribution in [0.1, 0.15) is 11.4 Å². The number of ketones is 1. The van der Waals surface area contributed by atoms with E-state index in [2.05, 4.69) is 15.4 Å². The maximum absolute atomic E-state index is 13.6. The molecule has 1 aromatic heterocycles. The van der Waals surface area contributed by atoms with Crippen molar-refractivity contribution in [1.82, 2.24) is 20.2 Å². The van der Waals surface area contributed by atoms with Gasteiger partial charge < -0.3 is 0 Å². The number of carbonyl (C=O) groups is 1. The summed E-state index contributed by atoms with van der Waals surface area (Å²) in [6.45, 7) is 0. The van der Waals surface area contributed by atoms with E-state index in [0.717, 1.165) is 0 Å². The van der Waals surface area contributed by atoms with Crippen molar-refractivity contribution in [3.63, 3.8) is 0 Å². The van der Waals surface area contributed by atoms with Crippen LogP contribution in [-0.2, 0) is 24.7 Å². The second kappa shape index (κ2) is 5.22. The first-order valence-electron chi connectivity index (χ1n) is 5.23. The summed E-state index contributed by atoms with van der Waals surface area (Å²) in [6, 6.07) is 4.58. The summed E-state index contributed by atoms with van der Waals surface area (Å²) in [6.07, 6.45) is -0.00948. The van der Waals surface area contributed by atoms with Crippen molar-refractivity contribution in [3.8, 4) is 0 Å². The molecular formula is C11H10ClFN4O. The molecule has 0 spiro atoms. The topological polar surface area (TPSA) is 60.7 Å². The summed E-state index contributed by atoms with van der Waals surface area (Å²) in [4.78, 5) is 13.0. The first-order valence-corrected chi connectivity index (χ1v) is 5.61. The highest BCUT2D eigenvalue weighted by molar-refractivity contribution is 6.30. The van der Waals surface area contributed by atoms with Crippen LogP contribution in [0.5, 0.6) is 0 Å². The van der Waals surface area contributed by atoms with Crippen LogP contribution in [0.25, 0.3) is 0 Å². The second-order valence-corrected chi connectivity index (χ2v) is 4.21. The van der Waals surface area contributed by atoms with Crippen molar-refractivity contribution in [2.45, 2.75) is 12.8 Å². The van der Waals surface area contributed by atoms with Gasteiger partial charge in [-0.1, -0.05) is 23.7 Å². The number of aromatic nitrogens is 4. The molecule has 0 unspecified atom stereocenters. The Morgan fingerprint density at radius 1 is 1.44 bits per heavy atom. The highest BCUT2D eigenvalue weighted by atomic mass is 35.5. The first-order chi connectivity index (χ1) is 8.56. The zero-order valence-corrected chi connectivity index (χ0v) is 10.4. The van der Waals surface area contributed by atoms with E-state index in [4.69, 9.17) is 11.6 Å². The van der Waals surface area contributed by atoms with Crippen LogP contribution in [0.2, 0.25) is 5.02 Å². The van der Waals surface area contributed by atoms with Crippen molar-refractivity contribution in [2.24, 2.45) is 7.05 Å². The molecule has 0 aliphatic rings. The van der Waals surface area contributed by atoms with Gasteiger partial charge >= 0.3 is 0 Å². The Morgan fingerprint density at radius 2 is 2.22 bits per heavy atom. The lowest BCUT2D eigenvalue weighted by atomic mass is 10.1. The summed E-state index contributed by atoms with van der Waals surface area (Å²) in [5.74, 6) is -0.422. The first kappa shape index (κ1) is 12.6. The number of tetrazole rings is 1. The molecule has 7 heteroatoms. The lowest BCUT2D eigenvalue weighted by Crippen LogP contribution is -2.09. The van der Waals surface area contributed by atoms with E-state index < -0.39 is 5.82 Å². The number of benzene rings is 1. The largest absolute Gasteiger partial charge is 0.299 e. The van der Waals surface area contributed by atoms with Gasteiger partial charge in [-0.25, -0.2) is 4.39 Å². The quantitative estimate of drug-likeness (QED) is 0.840. The monoisotopic (exact) mass is 268 g/mol. The maximum Gasteiger partial charge on any atom is 0.182 e. The fourth-order valence-electron chi connectivity index (χ4n) is 1.53. The van der Waals surface area contributed by atoms with Gasteiger partial charge in [-0.2, -0.15) is 4.80 Å². The molecule has 0 atom stereocenters. The Kier molecular flexibility index (Phi) is 3.66. The summed E-state index contributed by atoms with van der Waals surface area (Å²) >= 11 is 5.64. The third-order valence-electron chi connectivity index (χ3n) is 2.32. The molecule has 94 valence electrons. The van der Waals surface area contributed by atoms with Gasteiger partial charge in [0.2, 0.25) is 0 Å². The van der Waals surface area contributed by atoms with Crippen LogP contribution in [0.3, 0.4) is 0 Å². The number of halogens is 2. The fraction of sp³-hybridized carbons (Fsp3) is 0.273. The molecule has 0 aliphatic carbocycles. The lowest BCUT2D eigenvalue weighted by molar-refractivity contribution is -0.117. The predicted molar refractivity (Wildman–Crippen MR) is 62.6 cm³/mol.